The summed E-state index contributed by atoms with van der Waals surface area (Å²) in [5.74, 6) is -0.0660. The predicted octanol–water partition coefficient (Wildman–Crippen LogP) is 1.37. The first-order valence-corrected chi connectivity index (χ1v) is 6.57. The van der Waals surface area contributed by atoms with Crippen LogP contribution in [0.2, 0.25) is 0 Å². The van der Waals surface area contributed by atoms with Crippen molar-refractivity contribution in [3.05, 3.63) is 29.6 Å². The zero-order chi connectivity index (χ0) is 13.8. The van der Waals surface area contributed by atoms with Gasteiger partial charge in [-0.15, -0.1) is 0 Å². The van der Waals surface area contributed by atoms with Crippen molar-refractivity contribution >= 4 is 11.6 Å². The normalized spacial score (nSPS) is 17.4. The fourth-order valence-corrected chi connectivity index (χ4v) is 2.58. The predicted molar refractivity (Wildman–Crippen MR) is 72.9 cm³/mol. The Balaban J connectivity index is 1.90. The van der Waals surface area contributed by atoms with E-state index in [0.717, 1.165) is 31.5 Å². The third-order valence-corrected chi connectivity index (χ3v) is 3.59. The monoisotopic (exact) mass is 265 g/mol. The van der Waals surface area contributed by atoms with Gasteiger partial charge in [-0.05, 0) is 49.7 Å². The fourth-order valence-electron chi connectivity index (χ4n) is 2.58. The summed E-state index contributed by atoms with van der Waals surface area (Å²) < 4.78 is 13.2. The maximum atomic E-state index is 13.2. The summed E-state index contributed by atoms with van der Waals surface area (Å²) in [5, 5.41) is 2.69. The molecule has 3 N–H and O–H groups in total. The summed E-state index contributed by atoms with van der Waals surface area (Å²) in [6.45, 7) is 2.39. The van der Waals surface area contributed by atoms with Gasteiger partial charge in [-0.1, -0.05) is 0 Å². The summed E-state index contributed by atoms with van der Waals surface area (Å²) >= 11 is 0. The van der Waals surface area contributed by atoms with E-state index in [-0.39, 0.29) is 17.6 Å². The fraction of sp³-hybridized carbons (Fsp3) is 0.500. The van der Waals surface area contributed by atoms with Crippen LogP contribution in [-0.4, -0.2) is 30.9 Å². The van der Waals surface area contributed by atoms with Gasteiger partial charge in [-0.3, -0.25) is 9.69 Å². The highest BCUT2D eigenvalue weighted by atomic mass is 19.1. The average Bonchev–Trinajstić information content (AvgIpc) is 2.37. The van der Waals surface area contributed by atoms with Gasteiger partial charge >= 0.3 is 0 Å². The molecule has 0 saturated carbocycles. The van der Waals surface area contributed by atoms with Crippen molar-refractivity contribution in [2.45, 2.75) is 19.4 Å². The van der Waals surface area contributed by atoms with E-state index in [9.17, 15) is 9.18 Å². The molecule has 1 aliphatic heterocycles. The van der Waals surface area contributed by atoms with E-state index in [2.05, 4.69) is 10.2 Å². The first-order valence-electron chi connectivity index (χ1n) is 6.57. The molecule has 0 spiro atoms. The lowest BCUT2D eigenvalue weighted by Crippen LogP contribution is -2.39. The Labute approximate surface area is 112 Å². The number of nitrogen functional groups attached to an aromatic ring is 1. The molecular formula is C14H20FN3O. The zero-order valence-corrected chi connectivity index (χ0v) is 11.2. The highest BCUT2D eigenvalue weighted by molar-refractivity contribution is 5.78. The number of hydrogen-bond donors (Lipinski definition) is 2. The molecule has 4 nitrogen and oxygen atoms in total. The maximum Gasteiger partial charge on any atom is 0.222 e. The summed E-state index contributed by atoms with van der Waals surface area (Å²) in [7, 11) is 1.67. The molecule has 0 atom stereocenters. The van der Waals surface area contributed by atoms with Gasteiger partial charge < -0.3 is 11.1 Å². The van der Waals surface area contributed by atoms with Crippen LogP contribution in [0.3, 0.4) is 0 Å². The third-order valence-electron chi connectivity index (χ3n) is 3.59. The second-order valence-electron chi connectivity index (χ2n) is 5.06. The molecule has 1 heterocycles. The Hall–Kier alpha value is -1.62. The first kappa shape index (κ1) is 13.8. The van der Waals surface area contributed by atoms with E-state index in [1.54, 1.807) is 13.1 Å². The number of amides is 1. The van der Waals surface area contributed by atoms with Crippen molar-refractivity contribution in [3.63, 3.8) is 0 Å². The summed E-state index contributed by atoms with van der Waals surface area (Å²) in [6.07, 6.45) is 1.70. The van der Waals surface area contributed by atoms with Crippen molar-refractivity contribution in [3.8, 4) is 0 Å². The second-order valence-corrected chi connectivity index (χ2v) is 5.06. The molecule has 1 aromatic rings. The molecule has 2 rings (SSSR count). The lowest BCUT2D eigenvalue weighted by Gasteiger charge is -2.31. The van der Waals surface area contributed by atoms with Crippen LogP contribution < -0.4 is 11.1 Å². The van der Waals surface area contributed by atoms with Crippen molar-refractivity contribution < 1.29 is 9.18 Å². The van der Waals surface area contributed by atoms with Gasteiger partial charge in [-0.25, -0.2) is 4.39 Å². The number of rotatable bonds is 3. The number of carbonyl (C=O) groups excluding carboxylic acids is 1. The van der Waals surface area contributed by atoms with E-state index >= 15 is 0 Å². The lowest BCUT2D eigenvalue weighted by molar-refractivity contribution is -0.125. The van der Waals surface area contributed by atoms with Crippen LogP contribution in [-0.2, 0) is 11.3 Å². The van der Waals surface area contributed by atoms with Crippen molar-refractivity contribution in [1.82, 2.24) is 10.2 Å². The molecule has 1 aromatic carbocycles. The minimum Gasteiger partial charge on any atom is -0.399 e. The molecule has 1 saturated heterocycles. The molecule has 0 bridgehead atoms. The molecule has 19 heavy (non-hydrogen) atoms. The van der Waals surface area contributed by atoms with E-state index in [1.807, 2.05) is 0 Å². The van der Waals surface area contributed by atoms with Crippen molar-refractivity contribution in [2.75, 3.05) is 25.9 Å². The van der Waals surface area contributed by atoms with Gasteiger partial charge in [-0.2, -0.15) is 0 Å². The number of benzene rings is 1. The Bertz CT molecular complexity index is 436. The second kappa shape index (κ2) is 6.02. The SMILES string of the molecule is CNC(=O)C1CCN(Cc2cc(N)cc(F)c2)CC1. The van der Waals surface area contributed by atoms with Crippen molar-refractivity contribution in [1.29, 1.82) is 0 Å². The molecule has 0 aliphatic carbocycles. The number of nitrogens with two attached hydrogens (primary N) is 1. The molecule has 5 heteroatoms. The van der Waals surface area contributed by atoms with Crippen LogP contribution >= 0.6 is 0 Å². The molecule has 104 valence electrons. The van der Waals surface area contributed by atoms with Crippen molar-refractivity contribution in [2.24, 2.45) is 5.92 Å². The van der Waals surface area contributed by atoms with Gasteiger partial charge in [0.25, 0.3) is 0 Å². The Morgan fingerprint density at radius 1 is 1.42 bits per heavy atom. The summed E-state index contributed by atoms with van der Waals surface area (Å²) in [5.41, 5.74) is 6.97. The lowest BCUT2D eigenvalue weighted by atomic mass is 9.95. The van der Waals surface area contributed by atoms with Crippen LogP contribution in [0.4, 0.5) is 10.1 Å². The number of piperidine rings is 1. The number of likely N-dealkylation sites (tertiary alicyclic amines) is 1. The van der Waals surface area contributed by atoms with Crippen LogP contribution in [0.1, 0.15) is 18.4 Å². The number of halogens is 1. The minimum absolute atomic E-state index is 0.110. The van der Waals surface area contributed by atoms with Gasteiger partial charge in [0.15, 0.2) is 0 Å². The van der Waals surface area contributed by atoms with E-state index in [0.29, 0.717) is 12.2 Å². The van der Waals surface area contributed by atoms with Crippen LogP contribution in [0.25, 0.3) is 0 Å². The van der Waals surface area contributed by atoms with Gasteiger partial charge in [0, 0.05) is 25.2 Å². The molecule has 1 aliphatic rings. The van der Waals surface area contributed by atoms with Gasteiger partial charge in [0.05, 0.1) is 0 Å². The molecular weight excluding hydrogens is 245 g/mol. The smallest absolute Gasteiger partial charge is 0.222 e. The topological polar surface area (TPSA) is 58.4 Å². The number of nitrogens with zero attached hydrogens (tertiary/aromatic N) is 1. The number of hydrogen-bond acceptors (Lipinski definition) is 3. The molecule has 1 fully saturated rings. The Morgan fingerprint density at radius 3 is 2.68 bits per heavy atom. The van der Waals surface area contributed by atoms with Crippen LogP contribution in [0.15, 0.2) is 18.2 Å². The minimum atomic E-state index is -0.296. The zero-order valence-electron chi connectivity index (χ0n) is 11.2. The van der Waals surface area contributed by atoms with Crippen LogP contribution in [0, 0.1) is 11.7 Å². The standard InChI is InChI=1S/C14H20FN3O/c1-17-14(19)11-2-4-18(5-3-11)9-10-6-12(15)8-13(16)7-10/h6-8,11H,2-5,9,16H2,1H3,(H,17,19). The maximum absolute atomic E-state index is 13.2. The van der Waals surface area contributed by atoms with Gasteiger partial charge in [0.1, 0.15) is 5.82 Å². The van der Waals surface area contributed by atoms with Gasteiger partial charge in [0.2, 0.25) is 5.91 Å². The molecule has 0 aromatic heterocycles. The number of carbonyl (C=O) groups is 1. The average molecular weight is 265 g/mol. The summed E-state index contributed by atoms with van der Waals surface area (Å²) in [4.78, 5) is 13.8. The quantitative estimate of drug-likeness (QED) is 0.811. The third kappa shape index (κ3) is 3.67. The van der Waals surface area contributed by atoms with E-state index in [1.165, 1.54) is 12.1 Å². The largest absolute Gasteiger partial charge is 0.399 e. The first-order chi connectivity index (χ1) is 9.08. The summed E-state index contributed by atoms with van der Waals surface area (Å²) in [6, 6.07) is 4.64. The highest BCUT2D eigenvalue weighted by Gasteiger charge is 2.24. The Kier molecular flexibility index (Phi) is 4.37. The van der Waals surface area contributed by atoms with Crippen LogP contribution in [0.5, 0.6) is 0 Å². The molecule has 0 radical (unpaired) electrons. The van der Waals surface area contributed by atoms with E-state index < -0.39 is 0 Å². The molecule has 1 amide bonds. The highest BCUT2D eigenvalue weighted by Crippen LogP contribution is 2.20. The number of nitrogens with one attached hydrogen (secondary N) is 1. The number of anilines is 1. The molecule has 0 unspecified atom stereocenters. The van der Waals surface area contributed by atoms with E-state index in [4.69, 9.17) is 5.73 Å². The Morgan fingerprint density at radius 2 is 2.11 bits per heavy atom.